The molecule has 0 atom stereocenters. The van der Waals surface area contributed by atoms with Gasteiger partial charge in [-0.05, 0) is 29.3 Å². The van der Waals surface area contributed by atoms with Gasteiger partial charge in [0.15, 0.2) is 11.6 Å². The van der Waals surface area contributed by atoms with Crippen LogP contribution < -0.4 is 11.1 Å². The molecule has 4 nitrogen and oxygen atoms in total. The smallest absolute Gasteiger partial charge is 0.264 e. The van der Waals surface area contributed by atoms with Crippen LogP contribution in [0.2, 0.25) is 0 Å². The van der Waals surface area contributed by atoms with Crippen LogP contribution in [0.3, 0.4) is 0 Å². The predicted octanol–water partition coefficient (Wildman–Crippen LogP) is 3.69. The van der Waals surface area contributed by atoms with E-state index in [1.54, 1.807) is 25.5 Å². The SMILES string of the molecule is Cn1cc(-c2ccccc2)c2ccn(Cc3ccc(F)c(F)c3)c(=O)c2c1=O. The van der Waals surface area contributed by atoms with Crippen LogP contribution in [0.15, 0.2) is 76.6 Å². The van der Waals surface area contributed by atoms with Gasteiger partial charge in [0.25, 0.3) is 11.1 Å². The van der Waals surface area contributed by atoms with E-state index < -0.39 is 22.8 Å². The minimum Gasteiger partial charge on any atom is -0.317 e. The molecule has 0 unspecified atom stereocenters. The van der Waals surface area contributed by atoms with Crippen LogP contribution in [-0.2, 0) is 13.6 Å². The van der Waals surface area contributed by atoms with Gasteiger partial charge in [0.1, 0.15) is 5.39 Å². The normalized spacial score (nSPS) is 11.1. The van der Waals surface area contributed by atoms with E-state index >= 15 is 0 Å². The van der Waals surface area contributed by atoms with Crippen LogP contribution in [0.1, 0.15) is 5.56 Å². The van der Waals surface area contributed by atoms with E-state index in [0.29, 0.717) is 10.9 Å². The first-order valence-corrected chi connectivity index (χ1v) is 8.68. The van der Waals surface area contributed by atoms with Gasteiger partial charge in [-0.25, -0.2) is 8.78 Å². The molecule has 4 rings (SSSR count). The van der Waals surface area contributed by atoms with E-state index in [0.717, 1.165) is 23.3 Å². The first-order valence-electron chi connectivity index (χ1n) is 8.68. The van der Waals surface area contributed by atoms with Crippen molar-refractivity contribution >= 4 is 10.8 Å². The first kappa shape index (κ1) is 17.9. The zero-order valence-corrected chi connectivity index (χ0v) is 15.0. The van der Waals surface area contributed by atoms with Crippen LogP contribution >= 0.6 is 0 Å². The third-order valence-electron chi connectivity index (χ3n) is 4.73. The molecule has 0 spiro atoms. The molecule has 0 N–H and O–H groups in total. The molecule has 0 radical (unpaired) electrons. The number of halogens is 2. The summed E-state index contributed by atoms with van der Waals surface area (Å²) < 4.78 is 29.3. The first-order chi connectivity index (χ1) is 13.5. The molecule has 0 aliphatic carbocycles. The molecule has 140 valence electrons. The Bertz CT molecular complexity index is 1310. The maximum atomic E-state index is 13.5. The molecule has 4 aromatic rings. The van der Waals surface area contributed by atoms with Crippen molar-refractivity contribution in [3.05, 3.63) is 105 Å². The highest BCUT2D eigenvalue weighted by Gasteiger charge is 2.14. The van der Waals surface area contributed by atoms with Crippen molar-refractivity contribution in [3.8, 4) is 11.1 Å². The third-order valence-corrected chi connectivity index (χ3v) is 4.73. The number of fused-ring (bicyclic) bond motifs is 1. The second-order valence-electron chi connectivity index (χ2n) is 6.61. The van der Waals surface area contributed by atoms with Gasteiger partial charge in [-0.15, -0.1) is 0 Å². The van der Waals surface area contributed by atoms with E-state index in [1.807, 2.05) is 30.3 Å². The zero-order valence-electron chi connectivity index (χ0n) is 15.0. The largest absolute Gasteiger partial charge is 0.317 e. The number of aryl methyl sites for hydroxylation is 1. The highest BCUT2D eigenvalue weighted by atomic mass is 19.2. The van der Waals surface area contributed by atoms with Crippen molar-refractivity contribution in [1.29, 1.82) is 0 Å². The van der Waals surface area contributed by atoms with Crippen LogP contribution in [0.4, 0.5) is 8.78 Å². The fraction of sp³-hybridized carbons (Fsp3) is 0.0909. The number of aromatic nitrogens is 2. The summed E-state index contributed by atoms with van der Waals surface area (Å²) in [5.74, 6) is -1.93. The second kappa shape index (κ2) is 6.88. The molecule has 0 saturated heterocycles. The summed E-state index contributed by atoms with van der Waals surface area (Å²) in [5, 5.41) is 0.620. The van der Waals surface area contributed by atoms with Crippen LogP contribution in [0.25, 0.3) is 21.9 Å². The monoisotopic (exact) mass is 378 g/mol. The van der Waals surface area contributed by atoms with Gasteiger partial charge in [0, 0.05) is 30.4 Å². The Kier molecular flexibility index (Phi) is 4.39. The van der Waals surface area contributed by atoms with Crippen molar-refractivity contribution in [1.82, 2.24) is 9.13 Å². The lowest BCUT2D eigenvalue weighted by Gasteiger charge is -2.12. The Morgan fingerprint density at radius 1 is 0.893 bits per heavy atom. The van der Waals surface area contributed by atoms with Gasteiger partial charge in [0.2, 0.25) is 0 Å². The lowest BCUT2D eigenvalue weighted by molar-refractivity contribution is 0.506. The number of pyridine rings is 2. The number of hydrogen-bond donors (Lipinski definition) is 0. The van der Waals surface area contributed by atoms with E-state index in [4.69, 9.17) is 0 Å². The molecule has 2 heterocycles. The zero-order chi connectivity index (χ0) is 19.8. The van der Waals surface area contributed by atoms with Crippen molar-refractivity contribution < 1.29 is 8.78 Å². The van der Waals surface area contributed by atoms with E-state index in [-0.39, 0.29) is 11.9 Å². The molecule has 0 aliphatic heterocycles. The second-order valence-corrected chi connectivity index (χ2v) is 6.61. The van der Waals surface area contributed by atoms with Gasteiger partial charge in [-0.2, -0.15) is 0 Å². The van der Waals surface area contributed by atoms with E-state index in [2.05, 4.69) is 0 Å². The van der Waals surface area contributed by atoms with Crippen molar-refractivity contribution in [3.63, 3.8) is 0 Å². The minimum absolute atomic E-state index is 0.0324. The summed E-state index contributed by atoms with van der Waals surface area (Å²) in [6, 6.07) is 14.7. The Morgan fingerprint density at radius 3 is 2.36 bits per heavy atom. The third kappa shape index (κ3) is 3.03. The summed E-state index contributed by atoms with van der Waals surface area (Å²) in [4.78, 5) is 25.7. The van der Waals surface area contributed by atoms with Crippen molar-refractivity contribution in [2.45, 2.75) is 6.54 Å². The molecular weight excluding hydrogens is 362 g/mol. The van der Waals surface area contributed by atoms with Gasteiger partial charge in [-0.3, -0.25) is 9.59 Å². The van der Waals surface area contributed by atoms with Gasteiger partial charge in [-0.1, -0.05) is 36.4 Å². The van der Waals surface area contributed by atoms with Crippen molar-refractivity contribution in [2.75, 3.05) is 0 Å². The lowest BCUT2D eigenvalue weighted by Crippen LogP contribution is -2.28. The highest BCUT2D eigenvalue weighted by Crippen LogP contribution is 2.25. The van der Waals surface area contributed by atoms with Crippen LogP contribution in [0.5, 0.6) is 0 Å². The molecule has 0 fully saturated rings. The number of benzene rings is 2. The summed E-state index contributed by atoms with van der Waals surface area (Å²) >= 11 is 0. The number of rotatable bonds is 3. The molecule has 0 saturated carbocycles. The highest BCUT2D eigenvalue weighted by molar-refractivity contribution is 5.95. The maximum Gasteiger partial charge on any atom is 0.264 e. The fourth-order valence-corrected chi connectivity index (χ4v) is 3.31. The summed E-state index contributed by atoms with van der Waals surface area (Å²) in [7, 11) is 1.60. The Hall–Kier alpha value is -3.54. The lowest BCUT2D eigenvalue weighted by atomic mass is 10.0. The summed E-state index contributed by atoms with van der Waals surface area (Å²) in [5.41, 5.74) is 1.21. The molecule has 2 aromatic heterocycles. The van der Waals surface area contributed by atoms with Crippen LogP contribution in [-0.4, -0.2) is 9.13 Å². The fourth-order valence-electron chi connectivity index (χ4n) is 3.31. The quantitative estimate of drug-likeness (QED) is 0.546. The summed E-state index contributed by atoms with van der Waals surface area (Å²) in [6.45, 7) is 0.0324. The molecular formula is C22H16F2N2O2. The topological polar surface area (TPSA) is 44.0 Å². The molecule has 6 heteroatoms. The van der Waals surface area contributed by atoms with Crippen molar-refractivity contribution in [2.24, 2.45) is 7.05 Å². The number of nitrogens with zero attached hydrogens (tertiary/aromatic N) is 2. The van der Waals surface area contributed by atoms with E-state index in [9.17, 15) is 18.4 Å². The van der Waals surface area contributed by atoms with E-state index in [1.165, 1.54) is 15.2 Å². The summed E-state index contributed by atoms with van der Waals surface area (Å²) in [6.07, 6.45) is 3.27. The molecule has 2 aromatic carbocycles. The molecule has 0 amide bonds. The van der Waals surface area contributed by atoms with Gasteiger partial charge in [0.05, 0.1) is 6.54 Å². The van der Waals surface area contributed by atoms with Crippen LogP contribution in [0, 0.1) is 11.6 Å². The average molecular weight is 378 g/mol. The minimum atomic E-state index is -0.978. The Morgan fingerprint density at radius 2 is 1.64 bits per heavy atom. The Balaban J connectivity index is 1.92. The number of hydrogen-bond acceptors (Lipinski definition) is 2. The van der Waals surface area contributed by atoms with Gasteiger partial charge < -0.3 is 9.13 Å². The average Bonchev–Trinajstić information content (AvgIpc) is 2.70. The molecule has 28 heavy (non-hydrogen) atoms. The standard InChI is InChI=1S/C22H16F2N2O2/c1-25-13-17(15-5-3-2-4-6-15)16-9-10-26(22(28)20(16)21(25)27)12-14-7-8-18(23)19(24)11-14/h2-11,13H,12H2,1H3. The van der Waals surface area contributed by atoms with Gasteiger partial charge >= 0.3 is 0 Å². The molecule has 0 aliphatic rings. The predicted molar refractivity (Wildman–Crippen MR) is 104 cm³/mol. The molecule has 0 bridgehead atoms. The maximum absolute atomic E-state index is 13.5. The Labute approximate surface area is 158 Å².